The van der Waals surface area contributed by atoms with Crippen LogP contribution in [0.1, 0.15) is 175 Å². The van der Waals surface area contributed by atoms with E-state index in [4.69, 9.17) is 0 Å². The maximum absolute atomic E-state index is 2.67. The summed E-state index contributed by atoms with van der Waals surface area (Å²) in [6.07, 6.45) is 17.5. The molecule has 2 aromatic carbocycles. The molecule has 2 aliphatic rings. The van der Waals surface area contributed by atoms with Gasteiger partial charge in [-0.3, -0.25) is 0 Å². The van der Waals surface area contributed by atoms with E-state index >= 15 is 0 Å². The maximum Gasteiger partial charge on any atom is -0.147 e. The molecule has 256 valence electrons. The Kier molecular flexibility index (Phi) is 13.9. The summed E-state index contributed by atoms with van der Waals surface area (Å²) in [4.78, 5) is 0. The minimum absolute atomic E-state index is 0. The van der Waals surface area contributed by atoms with Gasteiger partial charge in [0.2, 0.25) is 0 Å². The molecule has 3 heteroatoms. The Morgan fingerprint density at radius 3 is 1.59 bits per heavy atom. The number of unbranched alkanes of at least 4 members (excludes halogenated alkanes) is 2. The van der Waals surface area contributed by atoms with Crippen LogP contribution in [0.25, 0.3) is 11.1 Å². The molecule has 0 spiro atoms. The van der Waals surface area contributed by atoms with Crippen molar-refractivity contribution in [3.05, 3.63) is 73.1 Å². The second kappa shape index (κ2) is 15.4. The Balaban J connectivity index is 0.00000368. The minimum atomic E-state index is -2.45. The van der Waals surface area contributed by atoms with Crippen LogP contribution in [0.15, 0.2) is 39.7 Å². The summed E-state index contributed by atoms with van der Waals surface area (Å²) in [7, 11) is 0. The van der Waals surface area contributed by atoms with E-state index in [1.54, 1.807) is 27.8 Å². The van der Waals surface area contributed by atoms with Gasteiger partial charge in [-0.2, -0.15) is 0 Å². The van der Waals surface area contributed by atoms with Gasteiger partial charge in [-0.05, 0) is 0 Å². The van der Waals surface area contributed by atoms with Crippen LogP contribution in [0.2, 0.25) is 0 Å². The number of hydrogen-bond donors (Lipinski definition) is 0. The predicted octanol–water partition coefficient (Wildman–Crippen LogP) is 12.9. The van der Waals surface area contributed by atoms with Gasteiger partial charge in [-0.25, -0.2) is 0 Å². The van der Waals surface area contributed by atoms with Crippen LogP contribution >= 0.6 is 24.8 Å². The van der Waals surface area contributed by atoms with Crippen LogP contribution in [0.5, 0.6) is 0 Å². The standard InChI is InChI=1S/C29H41.C9H18.C5H5.2ClH.Zr/c1-26(2,3)22-14-18-13-19-15-23(27(4,5)6)25(29(10,11)12)17-21(19)20(18)16-24(22)28(7,8)9;1-3-5-7-9-8-6-4-2;1-2-4-5-3-1;;;/h14,16-17H,13H2,1-12H3;3-8H2,1-2H3;1-3H,4H2;2*1H;. The molecule has 2 aromatic rings. The summed E-state index contributed by atoms with van der Waals surface area (Å²) in [6.45, 7) is 34.1. The molecule has 46 heavy (non-hydrogen) atoms. The molecule has 0 N–H and O–H groups in total. The van der Waals surface area contributed by atoms with Gasteiger partial charge in [0.05, 0.1) is 0 Å². The van der Waals surface area contributed by atoms with E-state index in [1.807, 2.05) is 9.76 Å². The first-order valence-electron chi connectivity index (χ1n) is 17.8. The third kappa shape index (κ3) is 8.69. The zero-order valence-corrected chi connectivity index (χ0v) is 36.0. The van der Waals surface area contributed by atoms with Gasteiger partial charge in [0.1, 0.15) is 0 Å². The van der Waals surface area contributed by atoms with Crippen molar-refractivity contribution >= 4 is 31.3 Å². The molecule has 4 rings (SSSR count). The fourth-order valence-electron chi connectivity index (χ4n) is 7.62. The molecule has 0 nitrogen and oxygen atoms in total. The molecule has 0 heterocycles. The number of benzene rings is 2. The summed E-state index contributed by atoms with van der Waals surface area (Å²) < 4.78 is 5.66. The Morgan fingerprint density at radius 2 is 1.15 bits per heavy atom. The van der Waals surface area contributed by atoms with E-state index in [-0.39, 0.29) is 46.5 Å². The quantitative estimate of drug-likeness (QED) is 0.215. The summed E-state index contributed by atoms with van der Waals surface area (Å²) in [6, 6.07) is 7.94. The summed E-state index contributed by atoms with van der Waals surface area (Å²) in [5.41, 5.74) is 13.1. The molecule has 0 unspecified atom stereocenters. The van der Waals surface area contributed by atoms with Crippen LogP contribution in [-0.2, 0) is 49.3 Å². The fourth-order valence-corrected chi connectivity index (χ4v) is 17.1. The van der Waals surface area contributed by atoms with Crippen molar-refractivity contribution in [2.24, 2.45) is 0 Å². The van der Waals surface area contributed by atoms with Crippen molar-refractivity contribution in [2.75, 3.05) is 0 Å². The Morgan fingerprint density at radius 1 is 0.652 bits per heavy atom. The van der Waals surface area contributed by atoms with Crippen LogP contribution in [0, 0.1) is 0 Å². The summed E-state index contributed by atoms with van der Waals surface area (Å²) >= 11 is -2.45. The first kappa shape index (κ1) is 41.4. The number of rotatable bonds is 8. The molecular weight excluding hydrogens is 679 g/mol. The molecule has 2 aliphatic carbocycles. The van der Waals surface area contributed by atoms with Crippen LogP contribution in [0.4, 0.5) is 0 Å². The molecule has 0 saturated carbocycles. The van der Waals surface area contributed by atoms with E-state index in [0.29, 0.717) is 0 Å². The van der Waals surface area contributed by atoms with E-state index in [2.05, 4.69) is 133 Å². The molecule has 0 aliphatic heterocycles. The van der Waals surface area contributed by atoms with E-state index in [1.165, 1.54) is 61.6 Å². The van der Waals surface area contributed by atoms with Gasteiger partial charge in [0.25, 0.3) is 0 Å². The normalized spacial score (nSPS) is 14.3. The van der Waals surface area contributed by atoms with Crippen molar-refractivity contribution in [1.82, 2.24) is 0 Å². The second-order valence-electron chi connectivity index (χ2n) is 17.9. The van der Waals surface area contributed by atoms with Crippen molar-refractivity contribution in [3.63, 3.8) is 0 Å². The van der Waals surface area contributed by atoms with Crippen molar-refractivity contribution in [2.45, 2.75) is 170 Å². The molecule has 0 atom stereocenters. The Bertz CT molecular complexity index is 1480. The van der Waals surface area contributed by atoms with Gasteiger partial charge in [0.15, 0.2) is 0 Å². The molecule has 0 aromatic heterocycles. The molecule has 0 amide bonds. The van der Waals surface area contributed by atoms with Gasteiger partial charge in [0, 0.05) is 0 Å². The minimum Gasteiger partial charge on any atom is -0.147 e. The molecule has 0 fully saturated rings. The number of hydrogen-bond acceptors (Lipinski definition) is 0. The molecule has 0 bridgehead atoms. The van der Waals surface area contributed by atoms with Crippen LogP contribution < -0.4 is 3.27 Å². The van der Waals surface area contributed by atoms with E-state index < -0.39 is 21.3 Å². The Labute approximate surface area is 304 Å². The van der Waals surface area contributed by atoms with E-state index in [9.17, 15) is 0 Å². The number of allylic oxidation sites excluding steroid dienone is 4. The van der Waals surface area contributed by atoms with Gasteiger partial charge >= 0.3 is 282 Å². The summed E-state index contributed by atoms with van der Waals surface area (Å²) in [5.74, 6) is 0. The topological polar surface area (TPSA) is 0 Å². The average molecular weight is 745 g/mol. The Hall–Kier alpha value is -0.747. The second-order valence-corrected chi connectivity index (χ2v) is 24.3. The third-order valence-electron chi connectivity index (χ3n) is 9.87. The fraction of sp³-hybridized carbons (Fsp3) is 0.605. The van der Waals surface area contributed by atoms with Crippen molar-refractivity contribution < 1.29 is 21.3 Å². The first-order valence-corrected chi connectivity index (χ1v) is 21.5. The van der Waals surface area contributed by atoms with Crippen LogP contribution in [-0.4, -0.2) is 3.21 Å². The third-order valence-corrected chi connectivity index (χ3v) is 17.9. The molecule has 0 radical (unpaired) electrons. The number of halogens is 2. The SMILES string of the molecule is CCCC[C](CCCC)=[Zr]([C]1=CC=CC1)[c]1c2c(cc(C(C)(C)C)c1C(C)(C)C)-c1cc(C(C)(C)C)c(C(C)(C)C)cc1C2.Cl.Cl. The average Bonchev–Trinajstić information content (AvgIpc) is 3.54. The zero-order chi connectivity index (χ0) is 32.8. The zero-order valence-electron chi connectivity index (χ0n) is 31.9. The molecule has 0 saturated heterocycles. The van der Waals surface area contributed by atoms with Crippen molar-refractivity contribution in [3.8, 4) is 11.1 Å². The van der Waals surface area contributed by atoms with Gasteiger partial charge in [-0.15, -0.1) is 24.8 Å². The van der Waals surface area contributed by atoms with Crippen LogP contribution in [0.3, 0.4) is 0 Å². The van der Waals surface area contributed by atoms with Crippen molar-refractivity contribution in [1.29, 1.82) is 0 Å². The van der Waals surface area contributed by atoms with E-state index in [0.717, 1.165) is 6.42 Å². The molecular formula is C43H66Cl2Zr. The largest absolute Gasteiger partial charge is 0.147 e. The number of fused-ring (bicyclic) bond motifs is 3. The smallest absolute Gasteiger partial charge is 0.147 e. The predicted molar refractivity (Wildman–Crippen MR) is 210 cm³/mol. The van der Waals surface area contributed by atoms with Gasteiger partial charge < -0.3 is 0 Å². The van der Waals surface area contributed by atoms with Gasteiger partial charge in [-0.1, -0.05) is 0 Å². The first-order chi connectivity index (χ1) is 20.3. The monoisotopic (exact) mass is 742 g/mol. The summed E-state index contributed by atoms with van der Waals surface area (Å²) in [5, 5.41) is 0. The maximum atomic E-state index is 2.67.